The Kier molecular flexibility index (Phi) is 6.11. The molecule has 2 atom stereocenters. The molecule has 0 radical (unpaired) electrons. The van der Waals surface area contributed by atoms with Crippen LogP contribution < -0.4 is 11.1 Å². The highest BCUT2D eigenvalue weighted by Crippen LogP contribution is 2.08. The van der Waals surface area contributed by atoms with Crippen LogP contribution in [0.4, 0.5) is 4.39 Å². The van der Waals surface area contributed by atoms with Crippen molar-refractivity contribution in [2.45, 2.75) is 38.3 Å². The maximum Gasteiger partial charge on any atom is 0.326 e. The van der Waals surface area contributed by atoms with Crippen LogP contribution in [0.5, 0.6) is 0 Å². The van der Waals surface area contributed by atoms with E-state index in [4.69, 9.17) is 10.8 Å². The van der Waals surface area contributed by atoms with Gasteiger partial charge in [-0.2, -0.15) is 0 Å². The molecule has 1 rings (SSSR count). The predicted octanol–water partition coefficient (Wildman–Crippen LogP) is 1.06. The number of halogens is 1. The van der Waals surface area contributed by atoms with E-state index in [0.717, 1.165) is 5.56 Å². The predicted molar refractivity (Wildman–Crippen MR) is 72.6 cm³/mol. The molecule has 0 spiro atoms. The average molecular weight is 282 g/mol. The topological polar surface area (TPSA) is 92.4 Å². The van der Waals surface area contributed by atoms with Crippen LogP contribution in [0.2, 0.25) is 0 Å². The maximum absolute atomic E-state index is 12.7. The van der Waals surface area contributed by atoms with Gasteiger partial charge in [0.25, 0.3) is 0 Å². The Morgan fingerprint density at radius 2 is 1.95 bits per heavy atom. The second-order valence-electron chi connectivity index (χ2n) is 4.71. The molecule has 1 aromatic carbocycles. The first-order chi connectivity index (χ1) is 9.40. The number of carbonyl (C=O) groups is 2. The van der Waals surface area contributed by atoms with Crippen molar-refractivity contribution in [1.29, 1.82) is 0 Å². The molecule has 110 valence electrons. The zero-order valence-corrected chi connectivity index (χ0v) is 11.3. The Morgan fingerprint density at radius 3 is 2.45 bits per heavy atom. The summed E-state index contributed by atoms with van der Waals surface area (Å²) in [7, 11) is 0. The number of carboxylic acids is 1. The fourth-order valence-electron chi connectivity index (χ4n) is 1.72. The molecule has 0 aliphatic carbocycles. The highest BCUT2D eigenvalue weighted by Gasteiger charge is 2.20. The molecule has 0 aromatic heterocycles. The van der Waals surface area contributed by atoms with E-state index in [2.05, 4.69) is 5.32 Å². The molecule has 0 aliphatic heterocycles. The molecule has 20 heavy (non-hydrogen) atoms. The lowest BCUT2D eigenvalue weighted by Gasteiger charge is -2.15. The van der Waals surface area contributed by atoms with Gasteiger partial charge in [-0.1, -0.05) is 12.1 Å². The Balaban J connectivity index is 2.45. The number of benzene rings is 1. The lowest BCUT2D eigenvalue weighted by molar-refractivity contribution is -0.142. The van der Waals surface area contributed by atoms with E-state index < -0.39 is 24.0 Å². The summed E-state index contributed by atoms with van der Waals surface area (Å²) >= 11 is 0. The first kappa shape index (κ1) is 16.1. The lowest BCUT2D eigenvalue weighted by atomic mass is 10.0. The summed E-state index contributed by atoms with van der Waals surface area (Å²) < 4.78 is 12.7. The van der Waals surface area contributed by atoms with Crippen molar-refractivity contribution in [3.63, 3.8) is 0 Å². The Hall–Kier alpha value is -1.95. The average Bonchev–Trinajstić information content (AvgIpc) is 2.39. The quantitative estimate of drug-likeness (QED) is 0.697. The van der Waals surface area contributed by atoms with Gasteiger partial charge in [0.15, 0.2) is 0 Å². The fraction of sp³-hybridized carbons (Fsp3) is 0.429. The Labute approximate surface area is 117 Å². The summed E-state index contributed by atoms with van der Waals surface area (Å²) in [5.41, 5.74) is 6.30. The third-order valence-corrected chi connectivity index (χ3v) is 2.90. The smallest absolute Gasteiger partial charge is 0.326 e. The molecular weight excluding hydrogens is 263 g/mol. The van der Waals surface area contributed by atoms with Crippen LogP contribution >= 0.6 is 0 Å². The van der Waals surface area contributed by atoms with E-state index in [1.54, 1.807) is 12.1 Å². The second-order valence-corrected chi connectivity index (χ2v) is 4.71. The number of amides is 1. The van der Waals surface area contributed by atoms with Crippen molar-refractivity contribution in [2.24, 2.45) is 5.73 Å². The summed E-state index contributed by atoms with van der Waals surface area (Å²) in [6.07, 6.45) is 1.49. The molecule has 1 unspecified atom stereocenters. The highest BCUT2D eigenvalue weighted by atomic mass is 19.1. The maximum atomic E-state index is 12.7. The number of hydrogen-bond acceptors (Lipinski definition) is 3. The minimum atomic E-state index is -1.09. The van der Waals surface area contributed by atoms with Gasteiger partial charge >= 0.3 is 5.97 Å². The van der Waals surface area contributed by atoms with Crippen molar-refractivity contribution in [3.05, 3.63) is 35.6 Å². The van der Waals surface area contributed by atoms with Gasteiger partial charge in [0, 0.05) is 0 Å². The second kappa shape index (κ2) is 7.59. The minimum Gasteiger partial charge on any atom is -0.480 e. The molecule has 0 bridgehead atoms. The third kappa shape index (κ3) is 5.36. The highest BCUT2D eigenvalue weighted by molar-refractivity contribution is 5.86. The molecule has 0 aliphatic rings. The zero-order valence-electron chi connectivity index (χ0n) is 11.3. The monoisotopic (exact) mass is 282 g/mol. The summed E-state index contributed by atoms with van der Waals surface area (Å²) in [4.78, 5) is 22.4. The molecule has 1 amide bonds. The first-order valence-corrected chi connectivity index (χ1v) is 6.43. The van der Waals surface area contributed by atoms with E-state index in [1.165, 1.54) is 19.1 Å². The normalized spacial score (nSPS) is 13.6. The molecule has 6 heteroatoms. The van der Waals surface area contributed by atoms with Crippen molar-refractivity contribution < 1.29 is 19.1 Å². The Bertz CT molecular complexity index is 460. The summed E-state index contributed by atoms with van der Waals surface area (Å²) in [6.45, 7) is 1.49. The molecule has 4 N–H and O–H groups in total. The number of aliphatic carboxylic acids is 1. The molecule has 0 fully saturated rings. The molecule has 0 saturated heterocycles. The minimum absolute atomic E-state index is 0.297. The van der Waals surface area contributed by atoms with Crippen molar-refractivity contribution in [3.8, 4) is 0 Å². The van der Waals surface area contributed by atoms with Crippen molar-refractivity contribution in [2.75, 3.05) is 0 Å². The SMILES string of the molecule is C[C@@H](N)C(=O)NC(CCCc1ccc(F)cc1)C(=O)O. The van der Waals surface area contributed by atoms with Gasteiger partial charge in [0.2, 0.25) is 5.91 Å². The van der Waals surface area contributed by atoms with Crippen LogP contribution in [-0.2, 0) is 16.0 Å². The number of carbonyl (C=O) groups excluding carboxylic acids is 1. The van der Waals surface area contributed by atoms with Gasteiger partial charge in [-0.15, -0.1) is 0 Å². The zero-order chi connectivity index (χ0) is 15.1. The van der Waals surface area contributed by atoms with Crippen LogP contribution in [0.25, 0.3) is 0 Å². The van der Waals surface area contributed by atoms with Crippen molar-refractivity contribution >= 4 is 11.9 Å². The van der Waals surface area contributed by atoms with Gasteiger partial charge in [-0.25, -0.2) is 9.18 Å². The van der Waals surface area contributed by atoms with Gasteiger partial charge < -0.3 is 16.2 Å². The van der Waals surface area contributed by atoms with Crippen LogP contribution in [0.1, 0.15) is 25.3 Å². The largest absolute Gasteiger partial charge is 0.480 e. The molecule has 0 saturated carbocycles. The van der Waals surface area contributed by atoms with E-state index in [9.17, 15) is 14.0 Å². The number of carboxylic acid groups (broad SMARTS) is 1. The van der Waals surface area contributed by atoms with Crippen LogP contribution in [0.3, 0.4) is 0 Å². The van der Waals surface area contributed by atoms with Gasteiger partial charge in [-0.05, 0) is 43.9 Å². The summed E-state index contributed by atoms with van der Waals surface area (Å²) in [5.74, 6) is -1.88. The lowest BCUT2D eigenvalue weighted by Crippen LogP contribution is -2.47. The number of aryl methyl sites for hydroxylation is 1. The van der Waals surface area contributed by atoms with Crippen LogP contribution in [0, 0.1) is 5.82 Å². The van der Waals surface area contributed by atoms with Crippen LogP contribution in [-0.4, -0.2) is 29.1 Å². The molecule has 1 aromatic rings. The fourth-order valence-corrected chi connectivity index (χ4v) is 1.72. The van der Waals surface area contributed by atoms with Crippen LogP contribution in [0.15, 0.2) is 24.3 Å². The van der Waals surface area contributed by atoms with E-state index in [1.807, 2.05) is 0 Å². The number of nitrogens with two attached hydrogens (primary N) is 1. The number of nitrogens with one attached hydrogen (secondary N) is 1. The Morgan fingerprint density at radius 1 is 1.35 bits per heavy atom. The van der Waals surface area contributed by atoms with E-state index in [0.29, 0.717) is 19.3 Å². The van der Waals surface area contributed by atoms with Crippen molar-refractivity contribution in [1.82, 2.24) is 5.32 Å². The summed E-state index contributed by atoms with van der Waals surface area (Å²) in [5, 5.41) is 11.4. The third-order valence-electron chi connectivity index (χ3n) is 2.90. The molecule has 5 nitrogen and oxygen atoms in total. The van der Waals surface area contributed by atoms with Gasteiger partial charge in [0.05, 0.1) is 6.04 Å². The van der Waals surface area contributed by atoms with Gasteiger partial charge in [-0.3, -0.25) is 4.79 Å². The summed E-state index contributed by atoms with van der Waals surface area (Å²) in [6, 6.07) is 4.35. The van der Waals surface area contributed by atoms with Gasteiger partial charge in [0.1, 0.15) is 11.9 Å². The first-order valence-electron chi connectivity index (χ1n) is 6.43. The molecular formula is C14H19FN2O3. The number of hydrogen-bond donors (Lipinski definition) is 3. The molecule has 0 heterocycles. The van der Waals surface area contributed by atoms with E-state index >= 15 is 0 Å². The van der Waals surface area contributed by atoms with E-state index in [-0.39, 0.29) is 5.82 Å². The number of rotatable bonds is 7. The standard InChI is InChI=1S/C14H19FN2O3/c1-9(16)13(18)17-12(14(19)20)4-2-3-10-5-7-11(15)8-6-10/h5-9,12H,2-4,16H2,1H3,(H,17,18)(H,19,20)/t9-,12?/m1/s1.